The number of aliphatic hydroxyl groups is 1. The molecule has 3 aromatic heterocycles. The van der Waals surface area contributed by atoms with Gasteiger partial charge >= 0.3 is 12.6 Å². The molecule has 0 amide bonds. The van der Waals surface area contributed by atoms with Gasteiger partial charge in [0.1, 0.15) is 17.0 Å². The minimum atomic E-state index is -2.96. The van der Waals surface area contributed by atoms with Gasteiger partial charge in [-0.1, -0.05) is 18.2 Å². The Morgan fingerprint density at radius 3 is 2.46 bits per heavy atom. The molecule has 1 aromatic carbocycles. The van der Waals surface area contributed by atoms with Gasteiger partial charge < -0.3 is 24.3 Å². The number of hydrogen-bond acceptors (Lipinski definition) is 7. The van der Waals surface area contributed by atoms with Crippen LogP contribution in [0.3, 0.4) is 0 Å². The number of para-hydroxylation sites is 1. The molecule has 7 rings (SSSR count). The predicted molar refractivity (Wildman–Crippen MR) is 145 cm³/mol. The summed E-state index contributed by atoms with van der Waals surface area (Å²) in [4.78, 5) is 27.7. The summed E-state index contributed by atoms with van der Waals surface area (Å²) in [5, 5.41) is 20.9. The van der Waals surface area contributed by atoms with Gasteiger partial charge in [0.05, 0.1) is 17.3 Å². The fourth-order valence-corrected chi connectivity index (χ4v) is 7.21. The molecule has 41 heavy (non-hydrogen) atoms. The molecule has 1 aliphatic heterocycles. The van der Waals surface area contributed by atoms with Crippen LogP contribution < -0.4 is 9.64 Å². The van der Waals surface area contributed by atoms with Crippen molar-refractivity contribution in [2.75, 3.05) is 18.0 Å². The van der Waals surface area contributed by atoms with Crippen molar-refractivity contribution in [2.45, 2.75) is 44.3 Å². The molecule has 2 N–H and O–H groups in total. The van der Waals surface area contributed by atoms with Gasteiger partial charge in [0.2, 0.25) is 5.95 Å². The van der Waals surface area contributed by atoms with Crippen LogP contribution in [0.4, 0.5) is 14.7 Å². The van der Waals surface area contributed by atoms with E-state index >= 15 is 0 Å². The molecule has 4 heterocycles. The lowest BCUT2D eigenvalue weighted by Gasteiger charge is -2.35. The SMILES string of the molecule is C[C@@]1(O)CC(c2ccccc2OC(F)F)c2c1nc1ccc(-c3cnc(N4C[C@H]5CC[C@@H](C4)C5C(=O)O)nc3)cn21. The number of fused-ring (bicyclic) bond motifs is 5. The summed E-state index contributed by atoms with van der Waals surface area (Å²) in [5.41, 5.74) is 2.80. The molecular formula is C30H29F2N5O4. The zero-order valence-corrected chi connectivity index (χ0v) is 22.3. The standard InChI is InChI=1S/C30H29F2N5O4/c1-30(40)10-21(20-4-2-3-5-22(20)41-28(31)32)25-26(30)35-23-9-8-16(15-37(23)25)19-11-33-29(34-12-19)36-13-17-6-7-18(14-36)24(17)27(38)39/h2-5,8-9,11-12,15,17-18,21,24,28,40H,6-7,10,13-14H2,1H3,(H,38,39)/t17-,18+,21?,24?,30-/m1/s1. The Kier molecular flexibility index (Phi) is 5.97. The number of alkyl halides is 2. The van der Waals surface area contributed by atoms with E-state index < -0.39 is 24.1 Å². The number of benzene rings is 1. The predicted octanol–water partition coefficient (Wildman–Crippen LogP) is 4.68. The minimum Gasteiger partial charge on any atom is -0.481 e. The van der Waals surface area contributed by atoms with Crippen LogP contribution in [-0.2, 0) is 10.4 Å². The Morgan fingerprint density at radius 2 is 1.78 bits per heavy atom. The van der Waals surface area contributed by atoms with Crippen molar-refractivity contribution in [1.29, 1.82) is 0 Å². The number of imidazole rings is 1. The van der Waals surface area contributed by atoms with E-state index in [-0.39, 0.29) is 29.9 Å². The highest BCUT2D eigenvalue weighted by molar-refractivity contribution is 5.72. The van der Waals surface area contributed by atoms with Gasteiger partial charge in [-0.15, -0.1) is 0 Å². The molecule has 0 radical (unpaired) electrons. The number of hydrogen-bond donors (Lipinski definition) is 2. The van der Waals surface area contributed by atoms with E-state index in [0.717, 1.165) is 29.7 Å². The average Bonchev–Trinajstić information content (AvgIpc) is 3.55. The number of carbonyl (C=O) groups is 1. The summed E-state index contributed by atoms with van der Waals surface area (Å²) in [6.45, 7) is -0.00271. The number of pyridine rings is 1. The number of anilines is 1. The lowest BCUT2D eigenvalue weighted by Crippen LogP contribution is -2.45. The van der Waals surface area contributed by atoms with Crippen molar-refractivity contribution in [3.05, 3.63) is 71.9 Å². The van der Waals surface area contributed by atoms with Crippen LogP contribution in [0.5, 0.6) is 5.75 Å². The van der Waals surface area contributed by atoms with Crippen LogP contribution in [0.1, 0.15) is 49.1 Å². The second kappa shape index (κ2) is 9.47. The summed E-state index contributed by atoms with van der Waals surface area (Å²) >= 11 is 0. The van der Waals surface area contributed by atoms with Crippen molar-refractivity contribution in [2.24, 2.45) is 17.8 Å². The normalized spacial score (nSPS) is 27.0. The third kappa shape index (κ3) is 4.30. The van der Waals surface area contributed by atoms with Gasteiger partial charge in [-0.25, -0.2) is 15.0 Å². The lowest BCUT2D eigenvalue weighted by atomic mass is 9.85. The lowest BCUT2D eigenvalue weighted by molar-refractivity contribution is -0.144. The fraction of sp³-hybridized carbons (Fsp3) is 0.400. The summed E-state index contributed by atoms with van der Waals surface area (Å²) < 4.78 is 33.1. The number of ether oxygens (including phenoxy) is 1. The monoisotopic (exact) mass is 561 g/mol. The number of piperidine rings is 1. The summed E-state index contributed by atoms with van der Waals surface area (Å²) in [6, 6.07) is 10.4. The van der Waals surface area contributed by atoms with Crippen molar-refractivity contribution in [1.82, 2.24) is 19.4 Å². The fourth-order valence-electron chi connectivity index (χ4n) is 7.21. The van der Waals surface area contributed by atoms with E-state index in [1.807, 2.05) is 22.7 Å². The van der Waals surface area contributed by atoms with E-state index in [1.165, 1.54) is 6.07 Å². The molecule has 2 unspecified atom stereocenters. The zero-order valence-electron chi connectivity index (χ0n) is 22.3. The van der Waals surface area contributed by atoms with Crippen molar-refractivity contribution in [3.63, 3.8) is 0 Å². The molecule has 1 saturated heterocycles. The van der Waals surface area contributed by atoms with Gasteiger partial charge in [-0.3, -0.25) is 4.79 Å². The van der Waals surface area contributed by atoms with Gasteiger partial charge in [-0.05, 0) is 56.2 Å². The second-order valence-corrected chi connectivity index (χ2v) is 11.6. The molecule has 0 spiro atoms. The molecule has 11 heteroatoms. The van der Waals surface area contributed by atoms with E-state index in [0.29, 0.717) is 35.9 Å². The summed E-state index contributed by atoms with van der Waals surface area (Å²) in [6.07, 6.45) is 7.52. The summed E-state index contributed by atoms with van der Waals surface area (Å²) in [5.74, 6) is -0.514. The second-order valence-electron chi connectivity index (χ2n) is 11.6. The van der Waals surface area contributed by atoms with E-state index in [9.17, 15) is 23.8 Å². The van der Waals surface area contributed by atoms with Gasteiger partial charge in [-0.2, -0.15) is 8.78 Å². The Labute approximate surface area is 234 Å². The Bertz CT molecular complexity index is 1630. The molecule has 2 fully saturated rings. The molecule has 3 aliphatic rings. The average molecular weight is 562 g/mol. The topological polar surface area (TPSA) is 113 Å². The zero-order chi connectivity index (χ0) is 28.5. The molecule has 1 saturated carbocycles. The third-order valence-electron chi connectivity index (χ3n) is 8.98. The maximum atomic E-state index is 13.2. The minimum absolute atomic E-state index is 0.0760. The van der Waals surface area contributed by atoms with Crippen LogP contribution in [0.2, 0.25) is 0 Å². The smallest absolute Gasteiger partial charge is 0.387 e. The first-order valence-corrected chi connectivity index (χ1v) is 13.8. The van der Waals surface area contributed by atoms with Crippen molar-refractivity contribution >= 4 is 17.6 Å². The number of aromatic nitrogens is 4. The van der Waals surface area contributed by atoms with E-state index in [1.54, 1.807) is 37.5 Å². The largest absolute Gasteiger partial charge is 0.481 e. The Morgan fingerprint density at radius 1 is 1.07 bits per heavy atom. The quantitative estimate of drug-likeness (QED) is 0.349. The maximum Gasteiger partial charge on any atom is 0.387 e. The highest BCUT2D eigenvalue weighted by Gasteiger charge is 2.47. The van der Waals surface area contributed by atoms with Crippen LogP contribution >= 0.6 is 0 Å². The Hall–Kier alpha value is -4.12. The maximum absolute atomic E-state index is 13.2. The highest BCUT2D eigenvalue weighted by atomic mass is 19.3. The molecule has 4 aromatic rings. The number of halogens is 2. The summed E-state index contributed by atoms with van der Waals surface area (Å²) in [7, 11) is 0. The van der Waals surface area contributed by atoms with Crippen LogP contribution in [0, 0.1) is 17.8 Å². The van der Waals surface area contributed by atoms with Crippen LogP contribution in [0.25, 0.3) is 16.8 Å². The number of nitrogens with zero attached hydrogens (tertiary/aromatic N) is 5. The highest BCUT2D eigenvalue weighted by Crippen LogP contribution is 2.50. The van der Waals surface area contributed by atoms with Gasteiger partial charge in [0.15, 0.2) is 0 Å². The molecule has 212 valence electrons. The van der Waals surface area contributed by atoms with E-state index in [2.05, 4.69) is 14.9 Å². The number of carboxylic acid groups (broad SMARTS) is 1. The molecule has 9 nitrogen and oxygen atoms in total. The number of rotatable bonds is 6. The molecule has 2 aliphatic carbocycles. The molecule has 5 atom stereocenters. The van der Waals surface area contributed by atoms with Gasteiger partial charge in [0, 0.05) is 54.3 Å². The first-order chi connectivity index (χ1) is 19.7. The first-order valence-electron chi connectivity index (χ1n) is 13.8. The van der Waals surface area contributed by atoms with Gasteiger partial charge in [0.25, 0.3) is 0 Å². The van der Waals surface area contributed by atoms with E-state index in [4.69, 9.17) is 9.72 Å². The van der Waals surface area contributed by atoms with Crippen molar-refractivity contribution in [3.8, 4) is 16.9 Å². The van der Waals surface area contributed by atoms with Crippen LogP contribution in [0.15, 0.2) is 55.0 Å². The number of aliphatic carboxylic acids is 1. The third-order valence-corrected chi connectivity index (χ3v) is 8.98. The van der Waals surface area contributed by atoms with Crippen molar-refractivity contribution < 1.29 is 28.5 Å². The molecular weight excluding hydrogens is 532 g/mol. The molecule has 2 bridgehead atoms. The van der Waals surface area contributed by atoms with Crippen LogP contribution in [-0.4, -0.2) is 55.2 Å². The first kappa shape index (κ1) is 25.8. The Balaban J connectivity index is 1.22. The number of carboxylic acids is 1.